The van der Waals surface area contributed by atoms with E-state index in [0.29, 0.717) is 16.5 Å². The molecular weight excluding hydrogens is 552 g/mol. The van der Waals surface area contributed by atoms with Gasteiger partial charge in [-0.3, -0.25) is 9.10 Å². The van der Waals surface area contributed by atoms with Gasteiger partial charge in [-0.1, -0.05) is 29.8 Å². The Hall–Kier alpha value is -4.28. The molecule has 0 aliphatic carbocycles. The van der Waals surface area contributed by atoms with Gasteiger partial charge in [-0.15, -0.1) is 0 Å². The Labute approximate surface area is 238 Å². The van der Waals surface area contributed by atoms with Crippen molar-refractivity contribution in [3.8, 4) is 17.2 Å². The van der Waals surface area contributed by atoms with Gasteiger partial charge in [0.05, 0.1) is 31.0 Å². The molecule has 0 aliphatic rings. The first-order valence-electron chi connectivity index (χ1n) is 12.2. The number of anilines is 1. The van der Waals surface area contributed by atoms with Crippen molar-refractivity contribution in [3.63, 3.8) is 0 Å². The van der Waals surface area contributed by atoms with E-state index in [4.69, 9.17) is 21.1 Å². The van der Waals surface area contributed by atoms with Crippen LogP contribution in [0.4, 0.5) is 5.69 Å². The summed E-state index contributed by atoms with van der Waals surface area (Å²) in [5.41, 5.74) is 6.30. The summed E-state index contributed by atoms with van der Waals surface area (Å²) in [6, 6.07) is 21.9. The average molecular weight is 581 g/mol. The second kappa shape index (κ2) is 12.3. The van der Waals surface area contributed by atoms with Crippen molar-refractivity contribution in [2.75, 3.05) is 25.1 Å². The van der Waals surface area contributed by atoms with Crippen molar-refractivity contribution >= 4 is 39.4 Å². The van der Waals surface area contributed by atoms with Crippen LogP contribution in [0.5, 0.6) is 11.5 Å². The monoisotopic (exact) mass is 580 g/mol. The Bertz CT molecular complexity index is 1640. The molecule has 1 heterocycles. The fraction of sp³-hybridized carbons (Fsp3) is 0.172. The van der Waals surface area contributed by atoms with E-state index >= 15 is 0 Å². The highest BCUT2D eigenvalue weighted by atomic mass is 35.5. The smallest absolute Gasteiger partial charge is 0.264 e. The molecule has 0 saturated carbocycles. The SMILES string of the molecule is COc1ccc(N(CC(=O)N/N=C\c2cc(C)n(-c3ccc(Cl)cc3)c2C)S(=O)(=O)c2ccccc2)cc1OC. The first kappa shape index (κ1) is 28.7. The number of methoxy groups -OCH3 is 2. The summed E-state index contributed by atoms with van der Waals surface area (Å²) in [6.45, 7) is 3.39. The Kier molecular flexibility index (Phi) is 8.81. The van der Waals surface area contributed by atoms with Crippen LogP contribution in [0, 0.1) is 13.8 Å². The number of benzene rings is 3. The third kappa shape index (κ3) is 6.13. The lowest BCUT2D eigenvalue weighted by atomic mass is 10.2. The van der Waals surface area contributed by atoms with Crippen molar-refractivity contribution < 1.29 is 22.7 Å². The minimum atomic E-state index is -4.10. The zero-order valence-corrected chi connectivity index (χ0v) is 24.0. The molecule has 1 aromatic heterocycles. The van der Waals surface area contributed by atoms with Crippen LogP contribution in [0.2, 0.25) is 5.02 Å². The lowest BCUT2D eigenvalue weighted by Crippen LogP contribution is -2.39. The van der Waals surface area contributed by atoms with Crippen molar-refractivity contribution in [1.82, 2.24) is 9.99 Å². The van der Waals surface area contributed by atoms with Gasteiger partial charge in [0.1, 0.15) is 6.54 Å². The van der Waals surface area contributed by atoms with E-state index in [9.17, 15) is 13.2 Å². The lowest BCUT2D eigenvalue weighted by molar-refractivity contribution is -0.119. The molecule has 11 heteroatoms. The van der Waals surface area contributed by atoms with Crippen molar-refractivity contribution in [1.29, 1.82) is 0 Å². The van der Waals surface area contributed by atoms with E-state index in [1.54, 1.807) is 30.3 Å². The normalized spacial score (nSPS) is 11.4. The number of aryl methyl sites for hydroxylation is 1. The number of carbonyl (C=O) groups excluding carboxylic acids is 1. The Morgan fingerprint density at radius 1 is 0.975 bits per heavy atom. The van der Waals surface area contributed by atoms with Gasteiger partial charge >= 0.3 is 0 Å². The van der Waals surface area contributed by atoms with Gasteiger partial charge in [0.15, 0.2) is 11.5 Å². The maximum atomic E-state index is 13.6. The molecule has 1 amide bonds. The van der Waals surface area contributed by atoms with Crippen LogP contribution in [-0.2, 0) is 14.8 Å². The second-order valence-corrected chi connectivity index (χ2v) is 11.1. The molecule has 0 radical (unpaired) electrons. The molecule has 0 fully saturated rings. The lowest BCUT2D eigenvalue weighted by Gasteiger charge is -2.24. The average Bonchev–Trinajstić information content (AvgIpc) is 3.24. The van der Waals surface area contributed by atoms with E-state index in [1.807, 2.05) is 48.7 Å². The van der Waals surface area contributed by atoms with Gasteiger partial charge in [-0.05, 0) is 68.4 Å². The zero-order valence-electron chi connectivity index (χ0n) is 22.5. The summed E-state index contributed by atoms with van der Waals surface area (Å²) < 4.78 is 40.8. The number of hydrogen-bond donors (Lipinski definition) is 1. The molecule has 208 valence electrons. The molecule has 0 saturated heterocycles. The number of nitrogens with zero attached hydrogens (tertiary/aromatic N) is 3. The van der Waals surface area contributed by atoms with Crippen LogP contribution < -0.4 is 19.2 Å². The van der Waals surface area contributed by atoms with Gasteiger partial charge in [-0.2, -0.15) is 5.10 Å². The largest absolute Gasteiger partial charge is 0.493 e. The number of nitrogens with one attached hydrogen (secondary N) is 1. The number of aromatic nitrogens is 1. The summed E-state index contributed by atoms with van der Waals surface area (Å²) in [5.74, 6) is 0.119. The third-order valence-electron chi connectivity index (χ3n) is 6.22. The predicted octanol–water partition coefficient (Wildman–Crippen LogP) is 5.11. The Balaban J connectivity index is 1.58. The van der Waals surface area contributed by atoms with Crippen molar-refractivity contribution in [3.05, 3.63) is 101 Å². The molecule has 4 aromatic rings. The fourth-order valence-corrected chi connectivity index (χ4v) is 5.82. The number of ether oxygens (including phenoxy) is 2. The number of carbonyl (C=O) groups is 1. The van der Waals surface area contributed by atoms with Crippen LogP contribution in [0.1, 0.15) is 17.0 Å². The summed E-state index contributed by atoms with van der Waals surface area (Å²) in [4.78, 5) is 13.0. The molecule has 40 heavy (non-hydrogen) atoms. The third-order valence-corrected chi connectivity index (χ3v) is 8.26. The molecule has 0 bridgehead atoms. The quantitative estimate of drug-likeness (QED) is 0.207. The zero-order chi connectivity index (χ0) is 28.9. The van der Waals surface area contributed by atoms with Crippen LogP contribution >= 0.6 is 11.6 Å². The fourth-order valence-electron chi connectivity index (χ4n) is 4.26. The van der Waals surface area contributed by atoms with E-state index in [-0.39, 0.29) is 10.6 Å². The van der Waals surface area contributed by atoms with Crippen LogP contribution in [0.15, 0.2) is 88.9 Å². The molecule has 0 aliphatic heterocycles. The highest BCUT2D eigenvalue weighted by Gasteiger charge is 2.28. The number of amides is 1. The summed E-state index contributed by atoms with van der Waals surface area (Å²) >= 11 is 6.03. The maximum Gasteiger partial charge on any atom is 0.264 e. The topological polar surface area (TPSA) is 102 Å². The molecule has 0 atom stereocenters. The number of rotatable bonds is 10. The van der Waals surface area contributed by atoms with Crippen molar-refractivity contribution in [2.45, 2.75) is 18.7 Å². The van der Waals surface area contributed by atoms with Crippen LogP contribution in [0.3, 0.4) is 0 Å². The highest BCUT2D eigenvalue weighted by Crippen LogP contribution is 2.33. The second-order valence-electron chi connectivity index (χ2n) is 8.80. The first-order chi connectivity index (χ1) is 19.1. The summed E-state index contributed by atoms with van der Waals surface area (Å²) in [7, 11) is -1.17. The molecule has 0 spiro atoms. The number of sulfonamides is 1. The van der Waals surface area contributed by atoms with Gasteiger partial charge in [0.25, 0.3) is 15.9 Å². The molecule has 9 nitrogen and oxygen atoms in total. The van der Waals surface area contributed by atoms with Crippen molar-refractivity contribution in [2.24, 2.45) is 5.10 Å². The molecule has 3 aromatic carbocycles. The van der Waals surface area contributed by atoms with Gasteiger partial charge < -0.3 is 14.0 Å². The molecule has 1 N–H and O–H groups in total. The Morgan fingerprint density at radius 3 is 2.30 bits per heavy atom. The van der Waals surface area contributed by atoms with E-state index in [0.717, 1.165) is 26.9 Å². The van der Waals surface area contributed by atoms with E-state index in [1.165, 1.54) is 38.6 Å². The number of halogens is 1. The minimum absolute atomic E-state index is 0.0377. The van der Waals surface area contributed by atoms with E-state index < -0.39 is 22.5 Å². The molecular formula is C29H29ClN4O5S. The Morgan fingerprint density at radius 2 is 1.65 bits per heavy atom. The first-order valence-corrected chi connectivity index (χ1v) is 14.0. The molecule has 4 rings (SSSR count). The maximum absolute atomic E-state index is 13.6. The van der Waals surface area contributed by atoms with Gasteiger partial charge in [-0.25, -0.2) is 13.8 Å². The highest BCUT2D eigenvalue weighted by molar-refractivity contribution is 7.92. The van der Waals surface area contributed by atoms with Gasteiger partial charge in [0, 0.05) is 33.7 Å². The standard InChI is InChI=1S/C29H29ClN4O5S/c1-20-16-22(21(2)34(20)24-12-10-23(30)11-13-24)18-31-32-29(35)19-33(40(36,37)26-8-6-5-7-9-26)25-14-15-27(38-3)28(17-25)39-4/h5-18H,19H2,1-4H3,(H,32,35)/b31-18-. The van der Waals surface area contributed by atoms with Gasteiger partial charge in [0.2, 0.25) is 0 Å². The number of hydrazone groups is 1. The predicted molar refractivity (Wildman–Crippen MR) is 157 cm³/mol. The van der Waals surface area contributed by atoms with Crippen LogP contribution in [-0.4, -0.2) is 45.9 Å². The van der Waals surface area contributed by atoms with E-state index in [2.05, 4.69) is 10.5 Å². The summed E-state index contributed by atoms with van der Waals surface area (Å²) in [5, 5.41) is 4.75. The molecule has 0 unspecified atom stereocenters. The minimum Gasteiger partial charge on any atom is -0.493 e. The van der Waals surface area contributed by atoms with Crippen LogP contribution in [0.25, 0.3) is 5.69 Å². The summed E-state index contributed by atoms with van der Waals surface area (Å²) in [6.07, 6.45) is 1.53. The number of hydrogen-bond acceptors (Lipinski definition) is 6.